The summed E-state index contributed by atoms with van der Waals surface area (Å²) in [5.41, 5.74) is 2.00. The highest BCUT2D eigenvalue weighted by molar-refractivity contribution is 9.10. The van der Waals surface area contributed by atoms with Crippen molar-refractivity contribution >= 4 is 21.6 Å². The third-order valence-corrected chi connectivity index (χ3v) is 3.50. The van der Waals surface area contributed by atoms with Gasteiger partial charge < -0.3 is 9.88 Å². The maximum Gasteiger partial charge on any atom is 0.330 e. The molecule has 0 aliphatic rings. The van der Waals surface area contributed by atoms with Crippen molar-refractivity contribution in [3.8, 4) is 0 Å². The summed E-state index contributed by atoms with van der Waals surface area (Å²) in [6.07, 6.45) is 1.57. The van der Waals surface area contributed by atoms with Crippen LogP contribution in [0.15, 0.2) is 38.5 Å². The molecule has 106 valence electrons. The molecule has 0 amide bonds. The minimum absolute atomic E-state index is 0.271. The van der Waals surface area contributed by atoms with Crippen molar-refractivity contribution < 1.29 is 0 Å². The number of halogens is 1. The second-order valence-electron chi connectivity index (χ2n) is 4.78. The van der Waals surface area contributed by atoms with E-state index < -0.39 is 0 Å². The van der Waals surface area contributed by atoms with Gasteiger partial charge in [-0.2, -0.15) is 0 Å². The van der Waals surface area contributed by atoms with Crippen molar-refractivity contribution in [1.82, 2.24) is 9.13 Å². The predicted octanol–water partition coefficient (Wildman–Crippen LogP) is 1.77. The van der Waals surface area contributed by atoms with Gasteiger partial charge in [0, 0.05) is 37.0 Å². The van der Waals surface area contributed by atoms with E-state index in [0.29, 0.717) is 12.1 Å². The highest BCUT2D eigenvalue weighted by Gasteiger charge is 2.06. The summed E-state index contributed by atoms with van der Waals surface area (Å²) in [6.45, 7) is 2.37. The van der Waals surface area contributed by atoms with E-state index in [2.05, 4.69) is 21.2 Å². The average Bonchev–Trinajstić information content (AvgIpc) is 2.38. The smallest absolute Gasteiger partial charge is 0.330 e. The number of hydrogen-bond acceptors (Lipinski definition) is 3. The Labute approximate surface area is 125 Å². The first kappa shape index (κ1) is 14.6. The molecule has 2 aromatic rings. The Morgan fingerprint density at radius 3 is 2.55 bits per heavy atom. The van der Waals surface area contributed by atoms with Gasteiger partial charge in [-0.25, -0.2) is 4.79 Å². The molecule has 0 atom stereocenters. The van der Waals surface area contributed by atoms with Gasteiger partial charge in [0.1, 0.15) is 0 Å². The van der Waals surface area contributed by atoms with Gasteiger partial charge in [-0.05, 0) is 30.7 Å². The summed E-state index contributed by atoms with van der Waals surface area (Å²) in [5, 5.41) is 3.20. The maximum absolute atomic E-state index is 12.0. The van der Waals surface area contributed by atoms with Crippen LogP contribution in [0.1, 0.15) is 11.1 Å². The van der Waals surface area contributed by atoms with Crippen molar-refractivity contribution in [2.45, 2.75) is 13.5 Å². The molecular weight excluding hydrogens is 322 g/mol. The SMILES string of the molecule is Cc1cc(Br)cc(NCc2cn(C)c(=O)n(C)c2=O)c1. The second kappa shape index (κ2) is 5.66. The monoisotopic (exact) mass is 337 g/mol. The zero-order valence-corrected chi connectivity index (χ0v) is 13.2. The quantitative estimate of drug-likeness (QED) is 0.928. The van der Waals surface area contributed by atoms with Crippen molar-refractivity contribution in [2.24, 2.45) is 14.1 Å². The number of benzene rings is 1. The lowest BCUT2D eigenvalue weighted by Crippen LogP contribution is -2.38. The van der Waals surface area contributed by atoms with Crippen LogP contribution in [0.4, 0.5) is 5.69 Å². The molecule has 0 spiro atoms. The van der Waals surface area contributed by atoms with Crippen molar-refractivity contribution in [2.75, 3.05) is 5.32 Å². The van der Waals surface area contributed by atoms with Gasteiger partial charge in [-0.1, -0.05) is 15.9 Å². The molecule has 1 aromatic carbocycles. The third kappa shape index (κ3) is 3.01. The first-order valence-corrected chi connectivity index (χ1v) is 6.94. The molecule has 0 radical (unpaired) electrons. The summed E-state index contributed by atoms with van der Waals surface area (Å²) in [4.78, 5) is 23.6. The zero-order chi connectivity index (χ0) is 14.9. The largest absolute Gasteiger partial charge is 0.381 e. The lowest BCUT2D eigenvalue weighted by atomic mass is 10.2. The van der Waals surface area contributed by atoms with Crippen LogP contribution in [0.5, 0.6) is 0 Å². The Morgan fingerprint density at radius 1 is 1.20 bits per heavy atom. The fourth-order valence-electron chi connectivity index (χ4n) is 2.04. The molecule has 0 fully saturated rings. The summed E-state index contributed by atoms with van der Waals surface area (Å²) in [7, 11) is 3.12. The van der Waals surface area contributed by atoms with Gasteiger partial charge in [0.2, 0.25) is 0 Å². The van der Waals surface area contributed by atoms with Crippen molar-refractivity contribution in [1.29, 1.82) is 0 Å². The van der Waals surface area contributed by atoms with E-state index >= 15 is 0 Å². The van der Waals surface area contributed by atoms with Crippen LogP contribution in [-0.4, -0.2) is 9.13 Å². The van der Waals surface area contributed by atoms with Crippen LogP contribution in [0.2, 0.25) is 0 Å². The van der Waals surface area contributed by atoms with Crippen LogP contribution in [0.3, 0.4) is 0 Å². The number of rotatable bonds is 3. The zero-order valence-electron chi connectivity index (χ0n) is 11.6. The topological polar surface area (TPSA) is 56.0 Å². The molecule has 2 rings (SSSR count). The number of nitrogens with one attached hydrogen (secondary N) is 1. The summed E-state index contributed by atoms with van der Waals surface area (Å²) < 4.78 is 3.50. The van der Waals surface area contributed by atoms with Gasteiger partial charge in [-0.15, -0.1) is 0 Å². The van der Waals surface area contributed by atoms with E-state index in [4.69, 9.17) is 0 Å². The number of aryl methyl sites for hydroxylation is 2. The summed E-state index contributed by atoms with van der Waals surface area (Å²) in [5.74, 6) is 0. The predicted molar refractivity (Wildman–Crippen MR) is 83.1 cm³/mol. The van der Waals surface area contributed by atoms with Crippen molar-refractivity contribution in [3.05, 3.63) is 60.8 Å². The fraction of sp³-hybridized carbons (Fsp3) is 0.286. The molecule has 20 heavy (non-hydrogen) atoms. The molecule has 1 aromatic heterocycles. The normalized spacial score (nSPS) is 10.6. The van der Waals surface area contributed by atoms with Crippen LogP contribution in [0.25, 0.3) is 0 Å². The van der Waals surface area contributed by atoms with Crippen LogP contribution in [0, 0.1) is 6.92 Å². The Kier molecular flexibility index (Phi) is 4.13. The molecule has 0 unspecified atom stereocenters. The first-order valence-electron chi connectivity index (χ1n) is 6.15. The lowest BCUT2D eigenvalue weighted by molar-refractivity contribution is 0.671. The van der Waals surface area contributed by atoms with Crippen LogP contribution in [-0.2, 0) is 20.6 Å². The number of aromatic nitrogens is 2. The van der Waals surface area contributed by atoms with Gasteiger partial charge in [0.15, 0.2) is 0 Å². The van der Waals surface area contributed by atoms with Crippen LogP contribution < -0.4 is 16.6 Å². The van der Waals surface area contributed by atoms with Crippen molar-refractivity contribution in [3.63, 3.8) is 0 Å². The van der Waals surface area contributed by atoms with E-state index in [9.17, 15) is 9.59 Å². The van der Waals surface area contributed by atoms with Gasteiger partial charge in [0.25, 0.3) is 5.56 Å². The van der Waals surface area contributed by atoms with Gasteiger partial charge in [0.05, 0.1) is 5.56 Å². The molecule has 1 heterocycles. The van der Waals surface area contributed by atoms with E-state index in [1.807, 2.05) is 25.1 Å². The van der Waals surface area contributed by atoms with E-state index in [-0.39, 0.29) is 11.2 Å². The van der Waals surface area contributed by atoms with E-state index in [1.54, 1.807) is 13.2 Å². The Hall–Kier alpha value is -1.82. The molecule has 0 aliphatic heterocycles. The lowest BCUT2D eigenvalue weighted by Gasteiger charge is -2.10. The fourth-order valence-corrected chi connectivity index (χ4v) is 2.65. The molecule has 0 aliphatic carbocycles. The number of nitrogens with zero attached hydrogens (tertiary/aromatic N) is 2. The summed E-state index contributed by atoms with van der Waals surface area (Å²) in [6, 6.07) is 5.95. The minimum Gasteiger partial charge on any atom is -0.381 e. The van der Waals surface area contributed by atoms with Crippen LogP contribution >= 0.6 is 15.9 Å². The maximum atomic E-state index is 12.0. The number of hydrogen-bond donors (Lipinski definition) is 1. The first-order chi connectivity index (χ1) is 9.38. The average molecular weight is 338 g/mol. The minimum atomic E-state index is -0.322. The van der Waals surface area contributed by atoms with Gasteiger partial charge >= 0.3 is 5.69 Å². The molecule has 6 heteroatoms. The molecule has 0 saturated carbocycles. The van der Waals surface area contributed by atoms with E-state index in [0.717, 1.165) is 20.3 Å². The third-order valence-electron chi connectivity index (χ3n) is 3.04. The molecule has 0 bridgehead atoms. The van der Waals surface area contributed by atoms with E-state index in [1.165, 1.54) is 11.6 Å². The Bertz CT molecular complexity index is 742. The molecule has 5 nitrogen and oxygen atoms in total. The molecule has 0 saturated heterocycles. The molecular formula is C14H16BrN3O2. The Morgan fingerprint density at radius 2 is 1.90 bits per heavy atom. The van der Waals surface area contributed by atoms with Gasteiger partial charge in [-0.3, -0.25) is 9.36 Å². The highest BCUT2D eigenvalue weighted by atomic mass is 79.9. The highest BCUT2D eigenvalue weighted by Crippen LogP contribution is 2.19. The molecule has 1 N–H and O–H groups in total. The Balaban J connectivity index is 2.28. The summed E-state index contributed by atoms with van der Waals surface area (Å²) >= 11 is 3.44. The second-order valence-corrected chi connectivity index (χ2v) is 5.70. The standard InChI is InChI=1S/C14H16BrN3O2/c1-9-4-11(15)6-12(5-9)16-7-10-8-17(2)14(20)18(3)13(10)19/h4-6,8,16H,7H2,1-3H3. The number of anilines is 1.